The van der Waals surface area contributed by atoms with E-state index in [9.17, 15) is 19.1 Å². The number of benzene rings is 2. The summed E-state index contributed by atoms with van der Waals surface area (Å²) in [4.78, 5) is 31.3. The maximum atomic E-state index is 13.5. The van der Waals surface area contributed by atoms with Crippen LogP contribution in [0, 0.1) is 5.82 Å². The molecule has 1 fully saturated rings. The lowest BCUT2D eigenvalue weighted by molar-refractivity contribution is -0.132. The molecule has 1 amide bonds. The molecule has 2 heterocycles. The number of hydrogen-bond donors (Lipinski definition) is 1. The molecule has 1 aromatic heterocycles. The van der Waals surface area contributed by atoms with Crippen molar-refractivity contribution in [2.75, 3.05) is 12.0 Å². The Morgan fingerprint density at radius 1 is 1.13 bits per heavy atom. The lowest BCUT2D eigenvalue weighted by atomic mass is 9.95. The Labute approximate surface area is 182 Å². The van der Waals surface area contributed by atoms with Crippen LogP contribution in [-0.4, -0.2) is 28.9 Å². The van der Waals surface area contributed by atoms with Gasteiger partial charge in [0, 0.05) is 11.8 Å². The molecule has 31 heavy (non-hydrogen) atoms. The van der Waals surface area contributed by atoms with Gasteiger partial charge in [0.2, 0.25) is 0 Å². The van der Waals surface area contributed by atoms with Crippen LogP contribution < -0.4 is 9.64 Å². The first kappa shape index (κ1) is 20.6. The number of Topliss-reactive ketones (excluding diaryl/α,β-unsaturated/α-hetero) is 1. The minimum absolute atomic E-state index is 0.150. The first-order chi connectivity index (χ1) is 14.9. The highest BCUT2D eigenvalue weighted by Crippen LogP contribution is 2.42. The average molecular weight is 439 g/mol. The second kappa shape index (κ2) is 8.20. The zero-order valence-electron chi connectivity index (χ0n) is 16.3. The number of amides is 1. The molecule has 1 aliphatic rings. The number of ketones is 1. The molecule has 0 bridgehead atoms. The van der Waals surface area contributed by atoms with Gasteiger partial charge >= 0.3 is 5.91 Å². The van der Waals surface area contributed by atoms with E-state index >= 15 is 0 Å². The first-order valence-corrected chi connectivity index (χ1v) is 9.61. The number of ether oxygens (including phenoxy) is 1. The van der Waals surface area contributed by atoms with Crippen molar-refractivity contribution < 1.29 is 23.8 Å². The van der Waals surface area contributed by atoms with E-state index in [1.807, 2.05) is 0 Å². The fourth-order valence-corrected chi connectivity index (χ4v) is 3.75. The van der Waals surface area contributed by atoms with Gasteiger partial charge in [-0.25, -0.2) is 9.37 Å². The standard InChI is InChI=1S/C23H16ClFN2O4/c1-31-17-10-7-14(12-16(17)24)21(28)19-20(13-5-8-15(25)9-6-13)27(23(30)22(19)29)18-4-2-3-11-26-18/h2-12,20,28H,1H3. The molecule has 1 unspecified atom stereocenters. The summed E-state index contributed by atoms with van der Waals surface area (Å²) in [6, 6.07) is 13.8. The topological polar surface area (TPSA) is 79.7 Å². The number of aromatic nitrogens is 1. The normalized spacial score (nSPS) is 17.8. The van der Waals surface area contributed by atoms with E-state index in [4.69, 9.17) is 16.3 Å². The van der Waals surface area contributed by atoms with Crippen molar-refractivity contribution in [3.05, 3.63) is 94.4 Å². The van der Waals surface area contributed by atoms with Gasteiger partial charge in [-0.1, -0.05) is 29.8 Å². The van der Waals surface area contributed by atoms with E-state index in [2.05, 4.69) is 4.98 Å². The Bertz CT molecular complexity index is 1200. The number of methoxy groups -OCH3 is 1. The summed E-state index contributed by atoms with van der Waals surface area (Å²) in [5.41, 5.74) is 0.521. The maximum absolute atomic E-state index is 13.5. The summed E-state index contributed by atoms with van der Waals surface area (Å²) in [5.74, 6) is -2.00. The van der Waals surface area contributed by atoms with Gasteiger partial charge in [-0.15, -0.1) is 0 Å². The van der Waals surface area contributed by atoms with Gasteiger partial charge in [-0.05, 0) is 48.0 Å². The Kier molecular flexibility index (Phi) is 5.44. The van der Waals surface area contributed by atoms with Gasteiger partial charge in [0.15, 0.2) is 0 Å². The van der Waals surface area contributed by atoms with Crippen molar-refractivity contribution in [2.24, 2.45) is 0 Å². The fraction of sp³-hybridized carbons (Fsp3) is 0.0870. The molecule has 8 heteroatoms. The van der Waals surface area contributed by atoms with Crippen molar-refractivity contribution in [3.63, 3.8) is 0 Å². The van der Waals surface area contributed by atoms with Crippen molar-refractivity contribution in [1.82, 2.24) is 4.98 Å². The molecule has 1 atom stereocenters. The average Bonchev–Trinajstić information content (AvgIpc) is 3.05. The van der Waals surface area contributed by atoms with Crippen molar-refractivity contribution >= 4 is 34.9 Å². The van der Waals surface area contributed by atoms with Gasteiger partial charge in [0.25, 0.3) is 5.78 Å². The monoisotopic (exact) mass is 438 g/mol. The zero-order chi connectivity index (χ0) is 22.1. The van der Waals surface area contributed by atoms with Crippen LogP contribution >= 0.6 is 11.6 Å². The lowest BCUT2D eigenvalue weighted by Crippen LogP contribution is -2.30. The molecule has 3 aromatic rings. The molecule has 0 spiro atoms. The van der Waals surface area contributed by atoms with E-state index in [1.165, 1.54) is 54.6 Å². The highest BCUT2D eigenvalue weighted by molar-refractivity contribution is 6.51. The number of pyridine rings is 1. The van der Waals surface area contributed by atoms with Crippen molar-refractivity contribution in [3.8, 4) is 5.75 Å². The van der Waals surface area contributed by atoms with Crippen LogP contribution in [0.3, 0.4) is 0 Å². The summed E-state index contributed by atoms with van der Waals surface area (Å²) in [6.07, 6.45) is 1.49. The van der Waals surface area contributed by atoms with Gasteiger partial charge < -0.3 is 9.84 Å². The molecule has 156 valence electrons. The van der Waals surface area contributed by atoms with Crippen LogP contribution in [0.5, 0.6) is 5.75 Å². The number of hydrogen-bond acceptors (Lipinski definition) is 5. The quantitative estimate of drug-likeness (QED) is 0.368. The van der Waals surface area contributed by atoms with E-state index in [0.717, 1.165) is 0 Å². The van der Waals surface area contributed by atoms with E-state index in [1.54, 1.807) is 24.3 Å². The van der Waals surface area contributed by atoms with Crippen LogP contribution in [0.25, 0.3) is 5.76 Å². The summed E-state index contributed by atoms with van der Waals surface area (Å²) in [5, 5.41) is 11.3. The van der Waals surface area contributed by atoms with E-state index in [0.29, 0.717) is 11.3 Å². The highest BCUT2D eigenvalue weighted by Gasteiger charge is 2.47. The minimum Gasteiger partial charge on any atom is -0.507 e. The summed E-state index contributed by atoms with van der Waals surface area (Å²) < 4.78 is 18.7. The van der Waals surface area contributed by atoms with Crippen LogP contribution in [0.4, 0.5) is 10.2 Å². The molecule has 0 radical (unpaired) electrons. The zero-order valence-corrected chi connectivity index (χ0v) is 17.0. The summed E-state index contributed by atoms with van der Waals surface area (Å²) >= 11 is 6.17. The van der Waals surface area contributed by atoms with E-state index in [-0.39, 0.29) is 22.0 Å². The van der Waals surface area contributed by atoms with Crippen molar-refractivity contribution in [1.29, 1.82) is 0 Å². The van der Waals surface area contributed by atoms with Gasteiger partial charge in [0.1, 0.15) is 23.1 Å². The SMILES string of the molecule is COc1ccc(C(O)=C2C(=O)C(=O)N(c3ccccn3)C2c2ccc(F)cc2)cc1Cl. The predicted octanol–water partition coefficient (Wildman–Crippen LogP) is 4.51. The van der Waals surface area contributed by atoms with Gasteiger partial charge in [0.05, 0.1) is 23.7 Å². The Balaban J connectivity index is 1.93. The van der Waals surface area contributed by atoms with E-state index < -0.39 is 29.3 Å². The third kappa shape index (κ3) is 3.64. The third-order valence-electron chi connectivity index (χ3n) is 4.95. The molecule has 1 saturated heterocycles. The van der Waals surface area contributed by atoms with Gasteiger partial charge in [-0.2, -0.15) is 0 Å². The number of anilines is 1. The Hall–Kier alpha value is -3.71. The molecule has 2 aromatic carbocycles. The largest absolute Gasteiger partial charge is 0.507 e. The molecule has 6 nitrogen and oxygen atoms in total. The second-order valence-electron chi connectivity index (χ2n) is 6.76. The highest BCUT2D eigenvalue weighted by atomic mass is 35.5. The van der Waals surface area contributed by atoms with Crippen LogP contribution in [-0.2, 0) is 9.59 Å². The Morgan fingerprint density at radius 3 is 2.48 bits per heavy atom. The van der Waals surface area contributed by atoms with Crippen molar-refractivity contribution in [2.45, 2.75) is 6.04 Å². The van der Waals surface area contributed by atoms with Crippen LogP contribution in [0.15, 0.2) is 72.4 Å². The molecule has 4 rings (SSSR count). The Morgan fingerprint density at radius 2 is 1.87 bits per heavy atom. The molecular weight excluding hydrogens is 423 g/mol. The molecule has 0 saturated carbocycles. The number of rotatable bonds is 4. The first-order valence-electron chi connectivity index (χ1n) is 9.23. The maximum Gasteiger partial charge on any atom is 0.301 e. The second-order valence-corrected chi connectivity index (χ2v) is 7.17. The molecule has 1 N–H and O–H groups in total. The van der Waals surface area contributed by atoms with Gasteiger partial charge in [-0.3, -0.25) is 14.5 Å². The third-order valence-corrected chi connectivity index (χ3v) is 5.25. The van der Waals surface area contributed by atoms with Crippen LogP contribution in [0.2, 0.25) is 5.02 Å². The number of carbonyl (C=O) groups excluding carboxylic acids is 2. The number of aliphatic hydroxyl groups excluding tert-OH is 1. The molecule has 1 aliphatic heterocycles. The fourth-order valence-electron chi connectivity index (χ4n) is 3.49. The minimum atomic E-state index is -1.00. The number of aliphatic hydroxyl groups is 1. The summed E-state index contributed by atoms with van der Waals surface area (Å²) in [7, 11) is 1.45. The summed E-state index contributed by atoms with van der Waals surface area (Å²) in [6.45, 7) is 0. The van der Waals surface area contributed by atoms with Crippen LogP contribution in [0.1, 0.15) is 17.2 Å². The molecule has 0 aliphatic carbocycles. The number of carbonyl (C=O) groups is 2. The molecular formula is C23H16ClFN2O4. The smallest absolute Gasteiger partial charge is 0.301 e. The number of nitrogens with zero attached hydrogens (tertiary/aromatic N) is 2. The predicted molar refractivity (Wildman–Crippen MR) is 113 cm³/mol. The lowest BCUT2D eigenvalue weighted by Gasteiger charge is -2.24. The number of halogens is 2.